The van der Waals surface area contributed by atoms with E-state index >= 15 is 0 Å². The predicted molar refractivity (Wildman–Crippen MR) is 97.9 cm³/mol. The molecule has 128 valence electrons. The number of rotatable bonds is 5. The Labute approximate surface area is 146 Å². The number of nitrogens with one attached hydrogen (secondary N) is 2. The van der Waals surface area contributed by atoms with E-state index in [1.807, 2.05) is 44.3 Å². The zero-order chi connectivity index (χ0) is 17.1. The maximum absolute atomic E-state index is 12.7. The van der Waals surface area contributed by atoms with Crippen LogP contribution in [0.4, 0.5) is 0 Å². The van der Waals surface area contributed by atoms with E-state index in [4.69, 9.17) is 0 Å². The van der Waals surface area contributed by atoms with Crippen LogP contribution in [0, 0.1) is 0 Å². The van der Waals surface area contributed by atoms with E-state index in [0.29, 0.717) is 18.1 Å². The second kappa shape index (κ2) is 7.30. The molecule has 5 nitrogen and oxygen atoms in total. The van der Waals surface area contributed by atoms with E-state index in [9.17, 15) is 9.59 Å². The molecule has 1 aromatic carbocycles. The highest BCUT2D eigenvalue weighted by Gasteiger charge is 2.34. The van der Waals surface area contributed by atoms with Gasteiger partial charge in [-0.25, -0.2) is 0 Å². The molecular weight excluding hydrogens is 322 g/mol. The topological polar surface area (TPSA) is 65.2 Å². The number of carbonyl (C=O) groups excluding carboxylic acids is 2. The van der Waals surface area contributed by atoms with Crippen molar-refractivity contribution >= 4 is 34.5 Å². The minimum atomic E-state index is -0.360. The molecule has 0 unspecified atom stereocenters. The molecule has 2 atom stereocenters. The van der Waals surface area contributed by atoms with Gasteiger partial charge in [-0.05, 0) is 25.0 Å². The van der Waals surface area contributed by atoms with Crippen LogP contribution in [0.5, 0.6) is 0 Å². The van der Waals surface area contributed by atoms with Crippen molar-refractivity contribution in [3.05, 3.63) is 36.0 Å². The number of nitrogens with zero attached hydrogens (tertiary/aromatic N) is 1. The lowest BCUT2D eigenvalue weighted by Gasteiger charge is -2.24. The normalized spacial score (nSPS) is 18.8. The number of H-pyrrole nitrogens is 1. The van der Waals surface area contributed by atoms with Crippen LogP contribution in [0.15, 0.2) is 30.5 Å². The van der Waals surface area contributed by atoms with Crippen LogP contribution < -0.4 is 5.32 Å². The van der Waals surface area contributed by atoms with E-state index < -0.39 is 0 Å². The molecule has 1 aliphatic rings. The minimum absolute atomic E-state index is 0.00838. The van der Waals surface area contributed by atoms with Crippen LogP contribution in [-0.4, -0.2) is 45.4 Å². The zero-order valence-corrected chi connectivity index (χ0v) is 14.9. The Morgan fingerprint density at radius 2 is 2.21 bits per heavy atom. The van der Waals surface area contributed by atoms with Gasteiger partial charge in [-0.1, -0.05) is 25.1 Å². The van der Waals surface area contributed by atoms with Crippen LogP contribution in [-0.2, 0) is 16.0 Å². The van der Waals surface area contributed by atoms with Crippen molar-refractivity contribution in [2.24, 2.45) is 0 Å². The van der Waals surface area contributed by atoms with E-state index in [1.54, 1.807) is 16.7 Å². The molecule has 6 heteroatoms. The summed E-state index contributed by atoms with van der Waals surface area (Å²) in [4.78, 5) is 30.1. The number of fused-ring (bicyclic) bond motifs is 1. The van der Waals surface area contributed by atoms with Gasteiger partial charge in [0.25, 0.3) is 0 Å². The minimum Gasteiger partial charge on any atom is -0.361 e. The number of carbonyl (C=O) groups is 2. The summed E-state index contributed by atoms with van der Waals surface area (Å²) in [6.45, 7) is 4.02. The van der Waals surface area contributed by atoms with Crippen molar-refractivity contribution in [3.8, 4) is 0 Å². The molecule has 3 rings (SSSR count). The average Bonchev–Trinajstić information content (AvgIpc) is 3.22. The highest BCUT2D eigenvalue weighted by Crippen LogP contribution is 2.24. The van der Waals surface area contributed by atoms with Gasteiger partial charge in [-0.15, -0.1) is 11.8 Å². The summed E-state index contributed by atoms with van der Waals surface area (Å²) in [7, 11) is 0. The Bertz CT molecular complexity index is 743. The lowest BCUT2D eigenvalue weighted by molar-refractivity contribution is -0.137. The van der Waals surface area contributed by atoms with Gasteiger partial charge in [-0.3, -0.25) is 9.59 Å². The number of aromatic nitrogens is 1. The van der Waals surface area contributed by atoms with Crippen LogP contribution in [0.1, 0.15) is 25.8 Å². The van der Waals surface area contributed by atoms with Crippen molar-refractivity contribution in [2.75, 3.05) is 11.6 Å². The first-order valence-electron chi connectivity index (χ1n) is 8.32. The molecular formula is C18H23N3O2S. The highest BCUT2D eigenvalue weighted by atomic mass is 32.2. The third-order valence-electron chi connectivity index (χ3n) is 4.52. The van der Waals surface area contributed by atoms with E-state index in [-0.39, 0.29) is 23.9 Å². The third-order valence-corrected chi connectivity index (χ3v) is 5.54. The summed E-state index contributed by atoms with van der Waals surface area (Å²) in [5.74, 6) is 1.22. The van der Waals surface area contributed by atoms with Gasteiger partial charge >= 0.3 is 0 Å². The number of benzene rings is 1. The van der Waals surface area contributed by atoms with Gasteiger partial charge in [0.2, 0.25) is 11.8 Å². The molecule has 0 radical (unpaired) electrons. The van der Waals surface area contributed by atoms with Crippen molar-refractivity contribution in [3.63, 3.8) is 0 Å². The van der Waals surface area contributed by atoms with Gasteiger partial charge in [0.1, 0.15) is 6.04 Å². The average molecular weight is 345 g/mol. The maximum atomic E-state index is 12.7. The highest BCUT2D eigenvalue weighted by molar-refractivity contribution is 7.99. The lowest BCUT2D eigenvalue weighted by Crippen LogP contribution is -2.49. The molecule has 1 saturated heterocycles. The Balaban J connectivity index is 1.70. The molecule has 1 aromatic heterocycles. The van der Waals surface area contributed by atoms with E-state index in [1.165, 1.54) is 0 Å². The van der Waals surface area contributed by atoms with Crippen molar-refractivity contribution in [1.29, 1.82) is 0 Å². The quantitative estimate of drug-likeness (QED) is 0.875. The SMILES string of the molecule is CC[C@@H](C)NC(=O)[C@H]1CSCN1C(=O)Cc1c[nH]c2ccccc12. The summed E-state index contributed by atoms with van der Waals surface area (Å²) >= 11 is 1.63. The second-order valence-electron chi connectivity index (χ2n) is 6.23. The molecule has 2 N–H and O–H groups in total. The van der Waals surface area contributed by atoms with Crippen molar-refractivity contribution in [2.45, 2.75) is 38.8 Å². The molecule has 2 heterocycles. The molecule has 0 aliphatic carbocycles. The van der Waals surface area contributed by atoms with Crippen LogP contribution in [0.3, 0.4) is 0 Å². The predicted octanol–water partition coefficient (Wildman–Crippen LogP) is 2.53. The monoisotopic (exact) mass is 345 g/mol. The largest absolute Gasteiger partial charge is 0.361 e. The summed E-state index contributed by atoms with van der Waals surface area (Å²) in [5.41, 5.74) is 2.01. The zero-order valence-electron chi connectivity index (χ0n) is 14.0. The lowest BCUT2D eigenvalue weighted by atomic mass is 10.1. The van der Waals surface area contributed by atoms with Crippen molar-refractivity contribution < 1.29 is 9.59 Å². The summed E-state index contributed by atoms with van der Waals surface area (Å²) < 4.78 is 0. The van der Waals surface area contributed by atoms with Crippen LogP contribution >= 0.6 is 11.8 Å². The van der Waals surface area contributed by atoms with Crippen LogP contribution in [0.2, 0.25) is 0 Å². The molecule has 24 heavy (non-hydrogen) atoms. The first-order valence-corrected chi connectivity index (χ1v) is 9.48. The fraction of sp³-hybridized carbons (Fsp3) is 0.444. The van der Waals surface area contributed by atoms with Gasteiger partial charge < -0.3 is 15.2 Å². The third kappa shape index (κ3) is 3.43. The molecule has 1 fully saturated rings. The molecule has 0 spiro atoms. The number of hydrogen-bond acceptors (Lipinski definition) is 3. The van der Waals surface area contributed by atoms with Crippen LogP contribution in [0.25, 0.3) is 10.9 Å². The maximum Gasteiger partial charge on any atom is 0.243 e. The van der Waals surface area contributed by atoms with Gasteiger partial charge in [0.15, 0.2) is 0 Å². The Hall–Kier alpha value is -1.95. The van der Waals surface area contributed by atoms with Gasteiger partial charge in [-0.2, -0.15) is 0 Å². The number of amides is 2. The van der Waals surface area contributed by atoms with Gasteiger partial charge in [0.05, 0.1) is 12.3 Å². The summed E-state index contributed by atoms with van der Waals surface area (Å²) in [5, 5.41) is 4.06. The molecule has 0 saturated carbocycles. The second-order valence-corrected chi connectivity index (χ2v) is 7.23. The molecule has 2 amide bonds. The number of aromatic amines is 1. The Morgan fingerprint density at radius 3 is 3.00 bits per heavy atom. The van der Waals surface area contributed by atoms with E-state index in [0.717, 1.165) is 22.9 Å². The summed E-state index contributed by atoms with van der Waals surface area (Å²) in [6, 6.07) is 7.72. The Morgan fingerprint density at radius 1 is 1.42 bits per heavy atom. The first kappa shape index (κ1) is 16.9. The molecule has 2 aromatic rings. The molecule has 1 aliphatic heterocycles. The number of thioether (sulfide) groups is 1. The first-order chi connectivity index (χ1) is 11.6. The number of para-hydroxylation sites is 1. The fourth-order valence-corrected chi connectivity index (χ4v) is 4.07. The summed E-state index contributed by atoms with van der Waals surface area (Å²) in [6.07, 6.45) is 3.09. The van der Waals surface area contributed by atoms with E-state index in [2.05, 4.69) is 10.3 Å². The van der Waals surface area contributed by atoms with Crippen molar-refractivity contribution in [1.82, 2.24) is 15.2 Å². The van der Waals surface area contributed by atoms with Gasteiger partial charge in [0, 0.05) is 28.9 Å². The number of hydrogen-bond donors (Lipinski definition) is 2. The Kier molecular flexibility index (Phi) is 5.14. The fourth-order valence-electron chi connectivity index (χ4n) is 2.89. The molecule has 0 bridgehead atoms. The smallest absolute Gasteiger partial charge is 0.243 e. The standard InChI is InChI=1S/C18H23N3O2S/c1-3-12(2)20-18(23)16-10-24-11-21(16)17(22)8-13-9-19-15-7-5-4-6-14(13)15/h4-7,9,12,16,19H,3,8,10-11H2,1-2H3,(H,20,23)/t12-,16-/m1/s1.